The van der Waals surface area contributed by atoms with E-state index in [1.807, 2.05) is 42.2 Å². The molecule has 2 heterocycles. The molecule has 1 aromatic heterocycles. The Kier molecular flexibility index (Phi) is 6.39. The first-order valence-electron chi connectivity index (χ1n) is 8.41. The first kappa shape index (κ1) is 18.3. The van der Waals surface area contributed by atoms with E-state index in [1.54, 1.807) is 11.8 Å². The summed E-state index contributed by atoms with van der Waals surface area (Å²) < 4.78 is 5.26. The van der Waals surface area contributed by atoms with Crippen LogP contribution < -0.4 is 0 Å². The maximum absolute atomic E-state index is 12.4. The predicted molar refractivity (Wildman–Crippen MR) is 99.9 cm³/mol. The highest BCUT2D eigenvalue weighted by atomic mass is 35.5. The lowest BCUT2D eigenvalue weighted by Gasteiger charge is -2.34. The highest BCUT2D eigenvalue weighted by Gasteiger charge is 2.21. The van der Waals surface area contributed by atoms with Crippen LogP contribution in [0.2, 0.25) is 5.02 Å². The normalized spacial score (nSPS) is 15.5. The molecule has 0 spiro atoms. The number of carbonyl (C=O) groups is 1. The van der Waals surface area contributed by atoms with Crippen LogP contribution in [0.3, 0.4) is 0 Å². The zero-order valence-corrected chi connectivity index (χ0v) is 15.9. The predicted octanol–water partition coefficient (Wildman–Crippen LogP) is 3.46. The molecule has 0 atom stereocenters. The topological polar surface area (TPSA) is 49.6 Å². The second-order valence-corrected chi connectivity index (χ2v) is 7.75. The van der Waals surface area contributed by atoms with E-state index >= 15 is 0 Å². The summed E-state index contributed by atoms with van der Waals surface area (Å²) in [6.45, 7) is 5.97. The molecule has 0 radical (unpaired) electrons. The SMILES string of the molecule is Cc1cc(CN2CCN(C(=O)CCSc3ccc(Cl)cc3)CC2)on1. The second-order valence-electron chi connectivity index (χ2n) is 6.14. The Labute approximate surface area is 157 Å². The number of hydrogen-bond donors (Lipinski definition) is 0. The van der Waals surface area contributed by atoms with Gasteiger partial charge >= 0.3 is 0 Å². The van der Waals surface area contributed by atoms with Gasteiger partial charge in [0.05, 0.1) is 12.2 Å². The molecule has 0 aliphatic carbocycles. The molecule has 2 aromatic rings. The first-order valence-corrected chi connectivity index (χ1v) is 9.77. The Balaban J connectivity index is 1.37. The Morgan fingerprint density at radius 2 is 1.96 bits per heavy atom. The minimum atomic E-state index is 0.233. The van der Waals surface area contributed by atoms with Crippen molar-refractivity contribution in [2.24, 2.45) is 0 Å². The number of nitrogens with zero attached hydrogens (tertiary/aromatic N) is 3. The van der Waals surface area contributed by atoms with Crippen molar-refractivity contribution in [2.75, 3.05) is 31.9 Å². The Morgan fingerprint density at radius 3 is 2.60 bits per heavy atom. The molecule has 0 saturated carbocycles. The zero-order chi connectivity index (χ0) is 17.6. The molecule has 1 aliphatic rings. The van der Waals surface area contributed by atoms with Gasteiger partial charge in [0, 0.05) is 54.3 Å². The van der Waals surface area contributed by atoms with Crippen molar-refractivity contribution >= 4 is 29.3 Å². The van der Waals surface area contributed by atoms with Gasteiger partial charge in [-0.1, -0.05) is 16.8 Å². The van der Waals surface area contributed by atoms with Gasteiger partial charge < -0.3 is 9.42 Å². The molecular weight excluding hydrogens is 358 g/mol. The first-order chi connectivity index (χ1) is 12.1. The summed E-state index contributed by atoms with van der Waals surface area (Å²) in [6.07, 6.45) is 0.564. The molecule has 7 heteroatoms. The van der Waals surface area contributed by atoms with E-state index in [0.29, 0.717) is 6.42 Å². The van der Waals surface area contributed by atoms with Crippen molar-refractivity contribution in [1.82, 2.24) is 15.0 Å². The van der Waals surface area contributed by atoms with Crippen molar-refractivity contribution in [3.8, 4) is 0 Å². The van der Waals surface area contributed by atoms with E-state index in [9.17, 15) is 4.79 Å². The fourth-order valence-electron chi connectivity index (χ4n) is 2.81. The Bertz CT molecular complexity index is 697. The molecule has 1 amide bonds. The van der Waals surface area contributed by atoms with Crippen LogP contribution in [0, 0.1) is 6.92 Å². The average molecular weight is 380 g/mol. The molecular formula is C18H22ClN3O2S. The van der Waals surface area contributed by atoms with Crippen molar-refractivity contribution < 1.29 is 9.32 Å². The van der Waals surface area contributed by atoms with Gasteiger partial charge in [-0.25, -0.2) is 0 Å². The number of thioether (sulfide) groups is 1. The number of benzene rings is 1. The van der Waals surface area contributed by atoms with E-state index in [4.69, 9.17) is 16.1 Å². The summed E-state index contributed by atoms with van der Waals surface area (Å²) in [5.41, 5.74) is 0.905. The van der Waals surface area contributed by atoms with Gasteiger partial charge in [-0.05, 0) is 31.2 Å². The third-order valence-electron chi connectivity index (χ3n) is 4.18. The molecule has 25 heavy (non-hydrogen) atoms. The molecule has 134 valence electrons. The van der Waals surface area contributed by atoms with Crippen LogP contribution in [0.5, 0.6) is 0 Å². The average Bonchev–Trinajstić information content (AvgIpc) is 3.02. The molecule has 5 nitrogen and oxygen atoms in total. The van der Waals surface area contributed by atoms with E-state index < -0.39 is 0 Å². The minimum Gasteiger partial charge on any atom is -0.360 e. The lowest BCUT2D eigenvalue weighted by Crippen LogP contribution is -2.48. The minimum absolute atomic E-state index is 0.233. The summed E-state index contributed by atoms with van der Waals surface area (Å²) >= 11 is 7.57. The van der Waals surface area contributed by atoms with Crippen LogP contribution in [0.15, 0.2) is 39.8 Å². The lowest BCUT2D eigenvalue weighted by molar-refractivity contribution is -0.132. The molecule has 1 fully saturated rings. The Morgan fingerprint density at radius 1 is 1.24 bits per heavy atom. The summed E-state index contributed by atoms with van der Waals surface area (Å²) in [5.74, 6) is 1.91. The standard InChI is InChI=1S/C18H22ClN3O2S/c1-14-12-16(24-20-14)13-21-7-9-22(10-8-21)18(23)6-11-25-17-4-2-15(19)3-5-17/h2-5,12H,6-11,13H2,1H3. The van der Waals surface area contributed by atoms with Crippen LogP contribution in [0.4, 0.5) is 0 Å². The summed E-state index contributed by atoms with van der Waals surface area (Å²) in [7, 11) is 0. The highest BCUT2D eigenvalue weighted by Crippen LogP contribution is 2.21. The number of aryl methyl sites for hydroxylation is 1. The zero-order valence-electron chi connectivity index (χ0n) is 14.3. The van der Waals surface area contributed by atoms with Gasteiger partial charge in [-0.2, -0.15) is 0 Å². The quantitative estimate of drug-likeness (QED) is 0.719. The number of piperazine rings is 1. The van der Waals surface area contributed by atoms with Crippen LogP contribution >= 0.6 is 23.4 Å². The van der Waals surface area contributed by atoms with E-state index in [-0.39, 0.29) is 5.91 Å². The lowest BCUT2D eigenvalue weighted by atomic mass is 10.2. The van der Waals surface area contributed by atoms with Gasteiger partial charge in [-0.3, -0.25) is 9.69 Å². The van der Waals surface area contributed by atoms with Crippen LogP contribution in [-0.4, -0.2) is 52.8 Å². The molecule has 1 aliphatic heterocycles. The van der Waals surface area contributed by atoms with Crippen molar-refractivity contribution in [3.63, 3.8) is 0 Å². The monoisotopic (exact) mass is 379 g/mol. The summed E-state index contributed by atoms with van der Waals surface area (Å²) in [5, 5.41) is 4.65. The maximum atomic E-state index is 12.4. The number of rotatable bonds is 6. The molecule has 0 unspecified atom stereocenters. The van der Waals surface area contributed by atoms with Gasteiger partial charge in [0.1, 0.15) is 0 Å². The highest BCUT2D eigenvalue weighted by molar-refractivity contribution is 7.99. The molecule has 3 rings (SSSR count). The maximum Gasteiger partial charge on any atom is 0.223 e. The number of amides is 1. The number of hydrogen-bond acceptors (Lipinski definition) is 5. The third-order valence-corrected chi connectivity index (χ3v) is 5.45. The van der Waals surface area contributed by atoms with Crippen LogP contribution in [-0.2, 0) is 11.3 Å². The summed E-state index contributed by atoms with van der Waals surface area (Å²) in [6, 6.07) is 9.69. The largest absolute Gasteiger partial charge is 0.360 e. The van der Waals surface area contributed by atoms with Gasteiger partial charge in [0.15, 0.2) is 5.76 Å². The van der Waals surface area contributed by atoms with Crippen LogP contribution in [0.25, 0.3) is 0 Å². The number of carbonyl (C=O) groups excluding carboxylic acids is 1. The molecule has 1 saturated heterocycles. The van der Waals surface area contributed by atoms with Crippen molar-refractivity contribution in [2.45, 2.75) is 24.8 Å². The van der Waals surface area contributed by atoms with Gasteiger partial charge in [0.25, 0.3) is 0 Å². The Hall–Kier alpha value is -1.50. The smallest absolute Gasteiger partial charge is 0.223 e. The van der Waals surface area contributed by atoms with E-state index in [2.05, 4.69) is 10.1 Å². The van der Waals surface area contributed by atoms with Gasteiger partial charge in [-0.15, -0.1) is 11.8 Å². The van der Waals surface area contributed by atoms with Gasteiger partial charge in [0.2, 0.25) is 5.91 Å². The number of aromatic nitrogens is 1. The van der Waals surface area contributed by atoms with E-state index in [1.165, 1.54) is 0 Å². The third kappa shape index (κ3) is 5.49. The fourth-order valence-corrected chi connectivity index (χ4v) is 3.78. The van der Waals surface area contributed by atoms with Crippen molar-refractivity contribution in [1.29, 1.82) is 0 Å². The summed E-state index contributed by atoms with van der Waals surface area (Å²) in [4.78, 5) is 17.8. The van der Waals surface area contributed by atoms with Crippen LogP contribution in [0.1, 0.15) is 17.9 Å². The molecule has 1 aromatic carbocycles. The van der Waals surface area contributed by atoms with E-state index in [0.717, 1.165) is 59.8 Å². The van der Waals surface area contributed by atoms with Crippen molar-refractivity contribution in [3.05, 3.63) is 46.8 Å². The fraction of sp³-hybridized carbons (Fsp3) is 0.444. The number of halogens is 1. The molecule has 0 bridgehead atoms. The second kappa shape index (κ2) is 8.74. The molecule has 0 N–H and O–H groups in total.